The molecule has 0 aliphatic heterocycles. The van der Waals surface area contributed by atoms with Gasteiger partial charge in [-0.05, 0) is 12.5 Å². The fraction of sp³-hybridized carbons (Fsp3) is 0.417. The van der Waals surface area contributed by atoms with Crippen LogP contribution >= 0.6 is 0 Å². The van der Waals surface area contributed by atoms with E-state index < -0.39 is 5.97 Å². The monoisotopic (exact) mass is 249 g/mol. The van der Waals surface area contributed by atoms with Crippen LogP contribution in [0.15, 0.2) is 17.1 Å². The molecule has 2 aromatic heterocycles. The lowest BCUT2D eigenvalue weighted by Crippen LogP contribution is -2.16. The summed E-state index contributed by atoms with van der Waals surface area (Å²) in [6.07, 6.45) is 4.23. The molecule has 18 heavy (non-hydrogen) atoms. The highest BCUT2D eigenvalue weighted by atomic mass is 16.4. The van der Waals surface area contributed by atoms with Crippen LogP contribution in [0.3, 0.4) is 0 Å². The summed E-state index contributed by atoms with van der Waals surface area (Å²) < 4.78 is 1.55. The van der Waals surface area contributed by atoms with E-state index in [9.17, 15) is 9.59 Å². The van der Waals surface area contributed by atoms with Crippen molar-refractivity contribution in [1.82, 2.24) is 14.5 Å². The molecule has 0 amide bonds. The Morgan fingerprint density at radius 3 is 2.94 bits per heavy atom. The summed E-state index contributed by atoms with van der Waals surface area (Å²) >= 11 is 0. The molecule has 0 fully saturated rings. The molecule has 0 unspecified atom stereocenters. The van der Waals surface area contributed by atoms with E-state index in [2.05, 4.69) is 16.9 Å². The van der Waals surface area contributed by atoms with Crippen LogP contribution in [0.2, 0.25) is 0 Å². The lowest BCUT2D eigenvalue weighted by molar-refractivity contribution is 0.0696. The van der Waals surface area contributed by atoms with E-state index in [1.807, 2.05) is 0 Å². The number of hydrogen-bond donors (Lipinski definition) is 2. The standard InChI is InChI=1S/C12H15N3O3/c1-2-3-4-5-15-9-6-8(11(16)17)7-13-10(9)14-12(15)18/h6-7H,2-5H2,1H3,(H,16,17)(H,13,14,18). The number of pyridine rings is 1. The predicted molar refractivity (Wildman–Crippen MR) is 66.8 cm³/mol. The van der Waals surface area contributed by atoms with Crippen molar-refractivity contribution in [2.24, 2.45) is 0 Å². The van der Waals surface area contributed by atoms with Gasteiger partial charge in [-0.2, -0.15) is 0 Å². The van der Waals surface area contributed by atoms with Gasteiger partial charge in [0.15, 0.2) is 5.65 Å². The molecule has 0 spiro atoms. The number of nitrogens with one attached hydrogen (secondary N) is 1. The number of fused-ring (bicyclic) bond motifs is 1. The number of aromatic nitrogens is 3. The van der Waals surface area contributed by atoms with E-state index >= 15 is 0 Å². The van der Waals surface area contributed by atoms with Crippen molar-refractivity contribution in [3.05, 3.63) is 28.3 Å². The Morgan fingerprint density at radius 2 is 2.28 bits per heavy atom. The maximum absolute atomic E-state index is 11.7. The summed E-state index contributed by atoms with van der Waals surface area (Å²) in [5.41, 5.74) is 0.833. The van der Waals surface area contributed by atoms with Crippen molar-refractivity contribution in [3.63, 3.8) is 0 Å². The molecule has 0 saturated carbocycles. The molecule has 0 aliphatic rings. The number of aryl methyl sites for hydroxylation is 1. The van der Waals surface area contributed by atoms with Gasteiger partial charge in [-0.1, -0.05) is 19.8 Å². The molecule has 6 nitrogen and oxygen atoms in total. The van der Waals surface area contributed by atoms with E-state index in [4.69, 9.17) is 5.11 Å². The predicted octanol–water partition coefficient (Wildman–Crippen LogP) is 1.61. The fourth-order valence-electron chi connectivity index (χ4n) is 1.89. The van der Waals surface area contributed by atoms with Crippen LogP contribution in [0, 0.1) is 0 Å². The highest BCUT2D eigenvalue weighted by Crippen LogP contribution is 2.11. The van der Waals surface area contributed by atoms with E-state index in [0.29, 0.717) is 17.7 Å². The average Bonchev–Trinajstić information content (AvgIpc) is 2.65. The summed E-state index contributed by atoms with van der Waals surface area (Å²) in [4.78, 5) is 29.2. The molecule has 96 valence electrons. The molecular weight excluding hydrogens is 234 g/mol. The minimum Gasteiger partial charge on any atom is -0.478 e. The van der Waals surface area contributed by atoms with Gasteiger partial charge in [-0.3, -0.25) is 9.55 Å². The van der Waals surface area contributed by atoms with Crippen LogP contribution in [0.4, 0.5) is 0 Å². The van der Waals surface area contributed by atoms with Crippen LogP contribution in [0.25, 0.3) is 11.2 Å². The van der Waals surface area contributed by atoms with Gasteiger partial charge in [-0.25, -0.2) is 14.6 Å². The molecular formula is C12H15N3O3. The highest BCUT2D eigenvalue weighted by Gasteiger charge is 2.11. The van der Waals surface area contributed by atoms with Gasteiger partial charge < -0.3 is 5.11 Å². The molecule has 0 atom stereocenters. The third-order valence-electron chi connectivity index (χ3n) is 2.86. The van der Waals surface area contributed by atoms with Gasteiger partial charge in [0, 0.05) is 12.7 Å². The molecule has 2 N–H and O–H groups in total. The minimum atomic E-state index is -1.04. The molecule has 0 bridgehead atoms. The molecule has 2 heterocycles. The number of carboxylic acid groups (broad SMARTS) is 1. The number of hydrogen-bond acceptors (Lipinski definition) is 3. The lowest BCUT2D eigenvalue weighted by Gasteiger charge is -2.02. The number of imidazole rings is 1. The number of unbranched alkanes of at least 4 members (excludes halogenated alkanes) is 2. The van der Waals surface area contributed by atoms with Gasteiger partial charge >= 0.3 is 11.7 Å². The molecule has 0 aromatic carbocycles. The Labute approximate surface area is 103 Å². The Hall–Kier alpha value is -2.11. The second kappa shape index (κ2) is 5.03. The number of aromatic amines is 1. The number of H-pyrrole nitrogens is 1. The van der Waals surface area contributed by atoms with E-state index in [1.165, 1.54) is 12.3 Å². The van der Waals surface area contributed by atoms with E-state index in [1.54, 1.807) is 4.57 Å². The van der Waals surface area contributed by atoms with Gasteiger partial charge in [-0.15, -0.1) is 0 Å². The maximum atomic E-state index is 11.7. The highest BCUT2D eigenvalue weighted by molar-refractivity contribution is 5.90. The lowest BCUT2D eigenvalue weighted by atomic mass is 10.2. The van der Waals surface area contributed by atoms with Crippen LogP contribution in [-0.4, -0.2) is 25.6 Å². The fourth-order valence-corrected chi connectivity index (χ4v) is 1.89. The number of aromatic carboxylic acids is 1. The topological polar surface area (TPSA) is 88.0 Å². The van der Waals surface area contributed by atoms with Crippen LogP contribution < -0.4 is 5.69 Å². The Bertz CT molecular complexity index is 627. The van der Waals surface area contributed by atoms with Gasteiger partial charge in [0.1, 0.15) is 0 Å². The quantitative estimate of drug-likeness (QED) is 0.788. The van der Waals surface area contributed by atoms with E-state index in [0.717, 1.165) is 19.3 Å². The Kier molecular flexibility index (Phi) is 3.45. The zero-order valence-electron chi connectivity index (χ0n) is 10.1. The maximum Gasteiger partial charge on any atom is 0.337 e. The van der Waals surface area contributed by atoms with Crippen molar-refractivity contribution < 1.29 is 9.90 Å². The minimum absolute atomic E-state index is 0.0886. The normalized spacial score (nSPS) is 10.9. The van der Waals surface area contributed by atoms with Crippen LogP contribution in [-0.2, 0) is 6.54 Å². The first-order chi connectivity index (χ1) is 8.63. The molecule has 2 aromatic rings. The molecule has 0 aliphatic carbocycles. The number of carbonyl (C=O) groups is 1. The number of nitrogens with zero attached hydrogens (tertiary/aromatic N) is 2. The zero-order valence-corrected chi connectivity index (χ0v) is 10.1. The third-order valence-corrected chi connectivity index (χ3v) is 2.86. The van der Waals surface area contributed by atoms with Gasteiger partial charge in [0.25, 0.3) is 0 Å². The van der Waals surface area contributed by atoms with Crippen LogP contribution in [0.5, 0.6) is 0 Å². The van der Waals surface area contributed by atoms with Crippen molar-refractivity contribution >= 4 is 17.1 Å². The van der Waals surface area contributed by atoms with Crippen molar-refractivity contribution in [1.29, 1.82) is 0 Å². The summed E-state index contributed by atoms with van der Waals surface area (Å²) in [5.74, 6) is -1.04. The summed E-state index contributed by atoms with van der Waals surface area (Å²) in [6.45, 7) is 2.67. The molecule has 0 saturated heterocycles. The zero-order chi connectivity index (χ0) is 13.1. The smallest absolute Gasteiger partial charge is 0.337 e. The Balaban J connectivity index is 2.43. The van der Waals surface area contributed by atoms with Crippen molar-refractivity contribution in [3.8, 4) is 0 Å². The first-order valence-electron chi connectivity index (χ1n) is 5.95. The first kappa shape index (κ1) is 12.3. The molecule has 6 heteroatoms. The number of carboxylic acids is 1. The summed E-state index contributed by atoms with van der Waals surface area (Å²) in [6, 6.07) is 1.48. The second-order valence-electron chi connectivity index (χ2n) is 4.19. The third kappa shape index (κ3) is 2.27. The first-order valence-corrected chi connectivity index (χ1v) is 5.95. The second-order valence-corrected chi connectivity index (χ2v) is 4.19. The van der Waals surface area contributed by atoms with Crippen molar-refractivity contribution in [2.45, 2.75) is 32.7 Å². The van der Waals surface area contributed by atoms with Gasteiger partial charge in [0.2, 0.25) is 0 Å². The SMILES string of the molecule is CCCCCn1c(=O)[nH]c2ncc(C(=O)O)cc21. The van der Waals surface area contributed by atoms with Crippen molar-refractivity contribution in [2.75, 3.05) is 0 Å². The Morgan fingerprint density at radius 1 is 1.50 bits per heavy atom. The average molecular weight is 249 g/mol. The van der Waals surface area contributed by atoms with E-state index in [-0.39, 0.29) is 11.3 Å². The molecule has 2 rings (SSSR count). The largest absolute Gasteiger partial charge is 0.478 e. The molecule has 0 radical (unpaired) electrons. The van der Waals surface area contributed by atoms with Gasteiger partial charge in [0.05, 0.1) is 11.1 Å². The summed E-state index contributed by atoms with van der Waals surface area (Å²) in [7, 11) is 0. The summed E-state index contributed by atoms with van der Waals surface area (Å²) in [5, 5.41) is 8.92. The number of rotatable bonds is 5. The van der Waals surface area contributed by atoms with Crippen LogP contribution in [0.1, 0.15) is 36.5 Å².